The van der Waals surface area contributed by atoms with E-state index in [-0.39, 0.29) is 0 Å². The molecule has 0 radical (unpaired) electrons. The summed E-state index contributed by atoms with van der Waals surface area (Å²) in [6.45, 7) is 12.9. The standard InChI is InChI=1S/C27H31N3.3ClH.Nd/c1-18(2)23-14-10-15-24(19(3)4)27(23)29-21(6)26-17-11-16-25(30-26)20(5)28-22-12-8-7-9-13-22;;;;/h7-19H,1-6H3;3*1H;/q;;;;+3/p-3. The summed E-state index contributed by atoms with van der Waals surface area (Å²) >= 11 is -2.24. The van der Waals surface area contributed by atoms with Gasteiger partial charge in [-0.05, 0) is 61.1 Å². The van der Waals surface area contributed by atoms with E-state index in [0.717, 1.165) is 34.2 Å². The van der Waals surface area contributed by atoms with Crippen LogP contribution in [-0.4, -0.2) is 16.4 Å². The summed E-state index contributed by atoms with van der Waals surface area (Å²) < 4.78 is 0. The van der Waals surface area contributed by atoms with E-state index in [2.05, 4.69) is 45.9 Å². The molecule has 0 fully saturated rings. The molecule has 0 saturated carbocycles. The second kappa shape index (κ2) is 14.6. The number of aromatic nitrogens is 1. The van der Waals surface area contributed by atoms with Gasteiger partial charge in [-0.25, -0.2) is 4.98 Å². The van der Waals surface area contributed by atoms with Crippen molar-refractivity contribution in [3.63, 3.8) is 0 Å². The molecule has 1 aromatic heterocycles. The van der Waals surface area contributed by atoms with Crippen LogP contribution in [0.1, 0.15) is 75.9 Å². The van der Waals surface area contributed by atoms with Crippen molar-refractivity contribution >= 4 is 40.2 Å². The molecule has 3 rings (SSSR count). The Kier molecular flexibility index (Phi) is 12.7. The molecule has 0 amide bonds. The Morgan fingerprint density at radius 1 is 0.676 bits per heavy atom. The first-order chi connectivity index (χ1) is 16.1. The molecule has 3 aromatic rings. The minimum absolute atomic E-state index is 0.412. The maximum atomic E-state index is 5.07. The van der Waals surface area contributed by atoms with E-state index < -0.39 is 29.9 Å². The molecule has 0 bridgehead atoms. The maximum absolute atomic E-state index is 5.07. The van der Waals surface area contributed by atoms with Gasteiger partial charge in [0.15, 0.2) is 0 Å². The number of rotatable bonds is 6. The monoisotopic (exact) mass is 644 g/mol. The van der Waals surface area contributed by atoms with Crippen molar-refractivity contribution in [3.8, 4) is 0 Å². The van der Waals surface area contributed by atoms with Crippen LogP contribution in [0.3, 0.4) is 0 Å². The summed E-state index contributed by atoms with van der Waals surface area (Å²) in [4.78, 5) is 14.6. The zero-order chi connectivity index (χ0) is 25.3. The third kappa shape index (κ3) is 9.31. The Morgan fingerprint density at radius 2 is 1.12 bits per heavy atom. The molecule has 0 N–H and O–H groups in total. The van der Waals surface area contributed by atoms with Crippen molar-refractivity contribution in [1.29, 1.82) is 0 Å². The Balaban J connectivity index is 0.000000945. The first kappa shape index (κ1) is 29.4. The fourth-order valence-corrected chi connectivity index (χ4v) is 3.46. The van der Waals surface area contributed by atoms with E-state index in [4.69, 9.17) is 32.4 Å². The third-order valence-corrected chi connectivity index (χ3v) is 5.17. The van der Waals surface area contributed by atoms with E-state index in [0.29, 0.717) is 11.8 Å². The predicted octanol–water partition coefficient (Wildman–Crippen LogP) is 9.68. The quantitative estimate of drug-likeness (QED) is 0.246. The number of benzene rings is 2. The van der Waals surface area contributed by atoms with E-state index in [1.807, 2.05) is 62.4 Å². The van der Waals surface area contributed by atoms with Gasteiger partial charge >= 0.3 is 47.3 Å². The fourth-order valence-electron chi connectivity index (χ4n) is 3.46. The van der Waals surface area contributed by atoms with Gasteiger partial charge in [-0.3, -0.25) is 9.98 Å². The topological polar surface area (TPSA) is 37.6 Å². The van der Waals surface area contributed by atoms with Crippen molar-refractivity contribution in [2.75, 3.05) is 0 Å². The molecule has 0 saturated heterocycles. The molecule has 0 aliphatic rings. The van der Waals surface area contributed by atoms with Crippen LogP contribution in [0.15, 0.2) is 76.7 Å². The summed E-state index contributed by atoms with van der Waals surface area (Å²) in [7, 11) is 0. The average Bonchev–Trinajstić information content (AvgIpc) is 2.79. The molecule has 0 aliphatic heterocycles. The van der Waals surface area contributed by atoms with Gasteiger partial charge in [-0.1, -0.05) is 70.2 Å². The van der Waals surface area contributed by atoms with Crippen LogP contribution in [0, 0.1) is 29.9 Å². The molecule has 7 heteroatoms. The molecule has 2 aromatic carbocycles. The zero-order valence-electron chi connectivity index (χ0n) is 20.5. The van der Waals surface area contributed by atoms with Crippen molar-refractivity contribution in [1.82, 2.24) is 4.98 Å². The van der Waals surface area contributed by atoms with E-state index >= 15 is 0 Å². The molecular weight excluding hydrogens is 617 g/mol. The summed E-state index contributed by atoms with van der Waals surface area (Å²) in [5, 5.41) is 0. The number of halogens is 3. The molecule has 179 valence electrons. The van der Waals surface area contributed by atoms with Gasteiger partial charge < -0.3 is 0 Å². The average molecular weight is 648 g/mol. The third-order valence-electron chi connectivity index (χ3n) is 5.17. The van der Waals surface area contributed by atoms with Crippen LogP contribution >= 0.6 is 17.4 Å². The molecule has 0 spiro atoms. The van der Waals surface area contributed by atoms with Gasteiger partial charge in [0.25, 0.3) is 0 Å². The molecule has 0 aliphatic carbocycles. The minimum atomic E-state index is -2.24. The second-order valence-electron chi connectivity index (χ2n) is 8.45. The molecule has 0 unspecified atom stereocenters. The van der Waals surface area contributed by atoms with Crippen molar-refractivity contribution in [2.45, 2.75) is 53.4 Å². The van der Waals surface area contributed by atoms with Crippen LogP contribution in [0.5, 0.6) is 0 Å². The molecular formula is C27H31Cl3N3Nd. The number of aliphatic imine (C=N–C) groups is 2. The number of pyridine rings is 1. The molecule has 3 nitrogen and oxygen atoms in total. The van der Waals surface area contributed by atoms with Gasteiger partial charge in [0, 0.05) is 0 Å². The summed E-state index contributed by atoms with van der Waals surface area (Å²) in [5.74, 6) is 15.9. The van der Waals surface area contributed by atoms with Crippen LogP contribution < -0.4 is 0 Å². The van der Waals surface area contributed by atoms with Gasteiger partial charge in [0.2, 0.25) is 0 Å². The van der Waals surface area contributed by atoms with Crippen molar-refractivity contribution in [3.05, 3.63) is 89.2 Å². The van der Waals surface area contributed by atoms with Crippen molar-refractivity contribution < 1.29 is 29.9 Å². The molecule has 1 heterocycles. The van der Waals surface area contributed by atoms with Crippen molar-refractivity contribution in [2.24, 2.45) is 9.98 Å². The van der Waals surface area contributed by atoms with Crippen LogP contribution in [0.4, 0.5) is 11.4 Å². The Labute approximate surface area is 225 Å². The van der Waals surface area contributed by atoms with Gasteiger partial charge in [0.05, 0.1) is 34.2 Å². The SMILES string of the molecule is CC(=Nc1ccccc1)c1cccc(C(C)=Nc2c(C(C)C)cccc2C(C)C)n1.[Cl][Nd]([Cl])[Cl]. The number of nitrogens with zero attached hydrogens (tertiary/aromatic N) is 3. The molecule has 0 atom stereocenters. The number of hydrogen-bond acceptors (Lipinski definition) is 3. The Morgan fingerprint density at radius 3 is 1.59 bits per heavy atom. The summed E-state index contributed by atoms with van der Waals surface area (Å²) in [6.07, 6.45) is 0. The normalized spacial score (nSPS) is 12.0. The van der Waals surface area contributed by atoms with Crippen LogP contribution in [0.2, 0.25) is 0 Å². The first-order valence-electron chi connectivity index (χ1n) is 11.2. The van der Waals surface area contributed by atoms with Gasteiger partial charge in [-0.2, -0.15) is 0 Å². The number of hydrogen-bond donors (Lipinski definition) is 0. The zero-order valence-corrected chi connectivity index (χ0v) is 26.0. The van der Waals surface area contributed by atoms with E-state index in [1.54, 1.807) is 0 Å². The van der Waals surface area contributed by atoms with Gasteiger partial charge in [0.1, 0.15) is 0 Å². The fraction of sp³-hybridized carbons (Fsp3) is 0.296. The van der Waals surface area contributed by atoms with Gasteiger partial charge in [-0.15, -0.1) is 0 Å². The summed E-state index contributed by atoms with van der Waals surface area (Å²) in [5.41, 5.74) is 8.12. The number of para-hydroxylation sites is 2. The summed E-state index contributed by atoms with van der Waals surface area (Å²) in [6, 6.07) is 22.5. The first-order valence-corrected chi connectivity index (χ1v) is 23.2. The van der Waals surface area contributed by atoms with E-state index in [9.17, 15) is 0 Å². The Hall–Kier alpha value is -0.849. The predicted molar refractivity (Wildman–Crippen MR) is 147 cm³/mol. The van der Waals surface area contributed by atoms with E-state index in [1.165, 1.54) is 11.1 Å². The Bertz CT molecular complexity index is 1100. The second-order valence-corrected chi connectivity index (χ2v) is 22.5. The van der Waals surface area contributed by atoms with Crippen LogP contribution in [-0.2, 0) is 0 Å². The molecule has 34 heavy (non-hydrogen) atoms. The van der Waals surface area contributed by atoms with Crippen LogP contribution in [0.25, 0.3) is 0 Å².